The Morgan fingerprint density at radius 3 is 2.00 bits per heavy atom. The molecule has 0 spiro atoms. The number of ketones is 2. The number of carbonyl (C=O) groups is 3. The number of ether oxygens (including phenoxy) is 1. The highest BCUT2D eigenvalue weighted by Crippen LogP contribution is 2.04. The van der Waals surface area contributed by atoms with Gasteiger partial charge in [0.15, 0.2) is 6.10 Å². The lowest BCUT2D eigenvalue weighted by molar-refractivity contribution is -0.163. The highest BCUT2D eigenvalue weighted by Gasteiger charge is 2.34. The largest absolute Gasteiger partial charge is 0.451 e. The minimum absolute atomic E-state index is 0.842. The Kier molecular flexibility index (Phi) is 5.79. The molecule has 0 aromatic rings. The van der Waals surface area contributed by atoms with Gasteiger partial charge in [0.2, 0.25) is 11.6 Å². The summed E-state index contributed by atoms with van der Waals surface area (Å²) in [5.41, 5.74) is 0. The molecule has 0 aromatic carbocycles. The lowest BCUT2D eigenvalue weighted by Crippen LogP contribution is -2.44. The molecule has 16 heavy (non-hydrogen) atoms. The van der Waals surface area contributed by atoms with E-state index < -0.39 is 42.5 Å². The number of Topliss-reactive ketones (excluding diaryl/α,β-unsaturated/α-hetero) is 2. The highest BCUT2D eigenvalue weighted by atomic mass is 16.6. The minimum atomic E-state index is -1.87. The lowest BCUT2D eigenvalue weighted by Gasteiger charge is -2.18. The predicted molar refractivity (Wildman–Crippen MR) is 50.3 cm³/mol. The molecule has 0 aliphatic heterocycles. The molecule has 2 unspecified atom stereocenters. The molecule has 0 aliphatic rings. The minimum Gasteiger partial charge on any atom is -0.451 e. The fourth-order valence-electron chi connectivity index (χ4n) is 0.937. The molecule has 0 aromatic heterocycles. The summed E-state index contributed by atoms with van der Waals surface area (Å²) >= 11 is 0. The van der Waals surface area contributed by atoms with E-state index in [1.165, 1.54) is 0 Å². The fraction of sp³-hybridized carbons (Fsp3) is 0.667. The quantitative estimate of drug-likeness (QED) is 0.352. The molecular weight excluding hydrogens is 220 g/mol. The first-order valence-electron chi connectivity index (χ1n) is 4.53. The van der Waals surface area contributed by atoms with Gasteiger partial charge in [0, 0.05) is 6.92 Å². The third-order valence-corrected chi connectivity index (χ3v) is 1.71. The Morgan fingerprint density at radius 2 is 1.69 bits per heavy atom. The van der Waals surface area contributed by atoms with Crippen molar-refractivity contribution in [1.82, 2.24) is 0 Å². The smallest absolute Gasteiger partial charge is 0.303 e. The van der Waals surface area contributed by atoms with E-state index in [1.54, 1.807) is 0 Å². The van der Waals surface area contributed by atoms with Crippen molar-refractivity contribution in [1.29, 1.82) is 0 Å². The maximum absolute atomic E-state index is 11.4. The van der Waals surface area contributed by atoms with Gasteiger partial charge in [0.05, 0.1) is 12.7 Å². The molecule has 7 heteroatoms. The molecule has 3 atom stereocenters. The van der Waals surface area contributed by atoms with Gasteiger partial charge in [-0.2, -0.15) is 0 Å². The van der Waals surface area contributed by atoms with Crippen molar-refractivity contribution < 1.29 is 34.4 Å². The zero-order chi connectivity index (χ0) is 12.9. The van der Waals surface area contributed by atoms with Crippen molar-refractivity contribution in [2.45, 2.75) is 32.2 Å². The number of carbonyl (C=O) groups excluding carboxylic acids is 3. The Balaban J connectivity index is 4.74. The van der Waals surface area contributed by atoms with Crippen LogP contribution in [0.5, 0.6) is 0 Å². The molecule has 0 amide bonds. The average molecular weight is 234 g/mol. The second-order valence-electron chi connectivity index (χ2n) is 3.20. The van der Waals surface area contributed by atoms with E-state index in [4.69, 9.17) is 15.3 Å². The van der Waals surface area contributed by atoms with E-state index in [0.29, 0.717) is 0 Å². The van der Waals surface area contributed by atoms with Gasteiger partial charge in [-0.05, 0) is 6.92 Å². The van der Waals surface area contributed by atoms with Crippen molar-refractivity contribution in [3.8, 4) is 0 Å². The first kappa shape index (κ1) is 14.7. The monoisotopic (exact) mass is 234 g/mol. The predicted octanol–water partition coefficient (Wildman–Crippen LogP) is -2.21. The summed E-state index contributed by atoms with van der Waals surface area (Å²) in [4.78, 5) is 33.1. The molecule has 0 saturated heterocycles. The van der Waals surface area contributed by atoms with Gasteiger partial charge in [-0.3, -0.25) is 14.4 Å². The van der Waals surface area contributed by atoms with Crippen LogP contribution >= 0.6 is 0 Å². The van der Waals surface area contributed by atoms with Gasteiger partial charge in [0.1, 0.15) is 6.10 Å². The Bertz CT molecular complexity index is 284. The van der Waals surface area contributed by atoms with Gasteiger partial charge in [0.25, 0.3) is 0 Å². The average Bonchev–Trinajstić information content (AvgIpc) is 2.22. The summed E-state index contributed by atoms with van der Waals surface area (Å²) in [6.07, 6.45) is -4.92. The third kappa shape index (κ3) is 4.05. The Morgan fingerprint density at radius 1 is 1.19 bits per heavy atom. The molecule has 0 heterocycles. The van der Waals surface area contributed by atoms with Gasteiger partial charge >= 0.3 is 5.97 Å². The molecule has 0 radical (unpaired) electrons. The normalized spacial score (nSPS) is 16.1. The second-order valence-corrected chi connectivity index (χ2v) is 3.20. The van der Waals surface area contributed by atoms with E-state index in [-0.39, 0.29) is 0 Å². The summed E-state index contributed by atoms with van der Waals surface area (Å²) in [5, 5.41) is 26.5. The van der Waals surface area contributed by atoms with Crippen LogP contribution in [0.2, 0.25) is 0 Å². The molecule has 92 valence electrons. The van der Waals surface area contributed by atoms with E-state index >= 15 is 0 Å². The van der Waals surface area contributed by atoms with Crippen molar-refractivity contribution in [3.05, 3.63) is 0 Å². The number of esters is 1. The first-order chi connectivity index (χ1) is 7.31. The maximum Gasteiger partial charge on any atom is 0.303 e. The molecule has 0 saturated carbocycles. The van der Waals surface area contributed by atoms with Crippen LogP contribution in [0.15, 0.2) is 0 Å². The molecule has 3 N–H and O–H groups in total. The van der Waals surface area contributed by atoms with E-state index in [0.717, 1.165) is 13.8 Å². The number of rotatable bonds is 6. The third-order valence-electron chi connectivity index (χ3n) is 1.71. The topological polar surface area (TPSA) is 121 Å². The fourth-order valence-corrected chi connectivity index (χ4v) is 0.937. The van der Waals surface area contributed by atoms with Gasteiger partial charge in [-0.15, -0.1) is 0 Å². The standard InChI is InChI=1S/C9H14O7/c1-4(11)9(16-5(2)12)8(15)7(14)6(13)3-10/h4,6,9-11,13H,3H2,1-2H3/t4?,6-,9?/m0/s1. The second kappa shape index (κ2) is 6.31. The van der Waals surface area contributed by atoms with Crippen LogP contribution in [-0.2, 0) is 19.1 Å². The summed E-state index contributed by atoms with van der Waals surface area (Å²) in [7, 11) is 0. The Labute approximate surface area is 91.6 Å². The number of hydrogen-bond donors (Lipinski definition) is 3. The Hall–Kier alpha value is -1.31. The molecule has 7 nitrogen and oxygen atoms in total. The van der Waals surface area contributed by atoms with E-state index in [1.807, 2.05) is 0 Å². The van der Waals surface area contributed by atoms with Crippen molar-refractivity contribution in [2.24, 2.45) is 0 Å². The number of aliphatic hydroxyl groups excluding tert-OH is 3. The van der Waals surface area contributed by atoms with E-state index in [9.17, 15) is 14.4 Å². The zero-order valence-corrected chi connectivity index (χ0v) is 8.91. The molecule has 0 aliphatic carbocycles. The van der Waals surface area contributed by atoms with Crippen LogP contribution < -0.4 is 0 Å². The SMILES string of the molecule is CC(=O)OC(C(=O)C(=O)[C@@H](O)CO)C(C)O. The van der Waals surface area contributed by atoms with Crippen LogP contribution in [0.4, 0.5) is 0 Å². The van der Waals surface area contributed by atoms with Crippen LogP contribution in [-0.4, -0.2) is 57.8 Å². The molecule has 0 fully saturated rings. The van der Waals surface area contributed by atoms with Crippen LogP contribution in [0.3, 0.4) is 0 Å². The molecule has 0 bridgehead atoms. The molecule has 0 rings (SSSR count). The van der Waals surface area contributed by atoms with Gasteiger partial charge in [-0.25, -0.2) is 0 Å². The summed E-state index contributed by atoms with van der Waals surface area (Å²) in [5.74, 6) is -3.41. The van der Waals surface area contributed by atoms with Crippen molar-refractivity contribution >= 4 is 17.5 Å². The van der Waals surface area contributed by atoms with Gasteiger partial charge < -0.3 is 20.1 Å². The number of hydrogen-bond acceptors (Lipinski definition) is 7. The summed E-state index contributed by atoms with van der Waals surface area (Å²) in [6, 6.07) is 0. The van der Waals surface area contributed by atoms with Crippen LogP contribution in [0.1, 0.15) is 13.8 Å². The van der Waals surface area contributed by atoms with Crippen LogP contribution in [0, 0.1) is 0 Å². The first-order valence-corrected chi connectivity index (χ1v) is 4.53. The van der Waals surface area contributed by atoms with Gasteiger partial charge in [-0.1, -0.05) is 0 Å². The van der Waals surface area contributed by atoms with E-state index in [2.05, 4.69) is 4.74 Å². The zero-order valence-electron chi connectivity index (χ0n) is 8.91. The highest BCUT2D eigenvalue weighted by molar-refractivity contribution is 6.40. The lowest BCUT2D eigenvalue weighted by atomic mass is 10.0. The maximum atomic E-state index is 11.4. The van der Waals surface area contributed by atoms with Crippen molar-refractivity contribution in [2.75, 3.05) is 6.61 Å². The summed E-state index contributed by atoms with van der Waals surface area (Å²) in [6.45, 7) is 1.25. The van der Waals surface area contributed by atoms with Crippen molar-refractivity contribution in [3.63, 3.8) is 0 Å². The molecular formula is C9H14O7. The number of aliphatic hydroxyl groups is 3. The van der Waals surface area contributed by atoms with Crippen LogP contribution in [0.25, 0.3) is 0 Å². The summed E-state index contributed by atoms with van der Waals surface area (Å²) < 4.78 is 4.44.